The Morgan fingerprint density at radius 2 is 1.77 bits per heavy atom. The Bertz CT molecular complexity index is 1830. The number of aromatic nitrogens is 2. The molecule has 1 aromatic heterocycles. The molecule has 10 heteroatoms. The summed E-state index contributed by atoms with van der Waals surface area (Å²) in [5, 5.41) is 11.3. The zero-order valence-electron chi connectivity index (χ0n) is 23.4. The van der Waals surface area contributed by atoms with E-state index in [0.29, 0.717) is 62.0 Å². The summed E-state index contributed by atoms with van der Waals surface area (Å²) in [6.07, 6.45) is 9.23. The molecule has 2 atom stereocenters. The van der Waals surface area contributed by atoms with Crippen LogP contribution in [0.2, 0.25) is 5.02 Å². The van der Waals surface area contributed by atoms with Crippen molar-refractivity contribution < 1.29 is 13.6 Å². The predicted octanol–water partition coefficient (Wildman–Crippen LogP) is 5.17. The minimum atomic E-state index is -0.677. The van der Waals surface area contributed by atoms with Crippen LogP contribution in [0.5, 0.6) is 0 Å². The van der Waals surface area contributed by atoms with Gasteiger partial charge in [-0.05, 0) is 98.1 Å². The third-order valence-electron chi connectivity index (χ3n) is 8.66. The van der Waals surface area contributed by atoms with Crippen molar-refractivity contribution in [1.29, 1.82) is 0 Å². The first-order valence-electron chi connectivity index (χ1n) is 14.3. The number of fused-ring (bicyclic) bond motifs is 4. The first-order valence-corrected chi connectivity index (χ1v) is 14.7. The van der Waals surface area contributed by atoms with Crippen molar-refractivity contribution in [2.45, 2.75) is 43.8 Å². The molecule has 7 rings (SSSR count). The Morgan fingerprint density at radius 3 is 2.47 bits per heavy atom. The maximum atomic E-state index is 14.7. The molecule has 4 heterocycles. The van der Waals surface area contributed by atoms with E-state index in [2.05, 4.69) is 30.8 Å². The van der Waals surface area contributed by atoms with Gasteiger partial charge in [-0.3, -0.25) is 4.79 Å². The molecule has 3 aliphatic rings. The Balaban J connectivity index is 1.14. The Kier molecular flexibility index (Phi) is 7.07. The topological polar surface area (TPSA) is 82.2 Å². The first kappa shape index (κ1) is 27.5. The van der Waals surface area contributed by atoms with Crippen LogP contribution in [-0.4, -0.2) is 45.9 Å². The molecule has 2 unspecified atom stereocenters. The molecule has 0 radical (unpaired) electrons. The lowest BCUT2D eigenvalue weighted by molar-refractivity contribution is 0.0560. The van der Waals surface area contributed by atoms with E-state index in [1.807, 2.05) is 31.3 Å². The number of nitrogens with one attached hydrogen (secondary N) is 3. The Labute approximate surface area is 252 Å². The standard InChI is InChI=1S/C33H29ClF2N6O/c1-37-22-14-23-9-10-24(15-22)42(23)32(43)18-5-7-21(8-6-18)40-33-39-17-30-29(41-33)12-19-11-20(34)13-25(26(19)16-38-30)31-27(35)3-2-4-28(31)36/h2-8,11-13,16-17,22-24,37-38H,9-10,14-15H2,1H3,(H,39,40,41). The molecule has 3 aliphatic heterocycles. The van der Waals surface area contributed by atoms with Gasteiger partial charge in [0.15, 0.2) is 0 Å². The third-order valence-corrected chi connectivity index (χ3v) is 8.87. The van der Waals surface area contributed by atoms with Gasteiger partial charge in [0.25, 0.3) is 5.91 Å². The van der Waals surface area contributed by atoms with Crippen molar-refractivity contribution >= 4 is 47.1 Å². The summed E-state index contributed by atoms with van der Waals surface area (Å²) in [7, 11) is 1.99. The quantitative estimate of drug-likeness (QED) is 0.294. The Morgan fingerprint density at radius 1 is 1.05 bits per heavy atom. The monoisotopic (exact) mass is 598 g/mol. The van der Waals surface area contributed by atoms with E-state index in [4.69, 9.17) is 11.6 Å². The van der Waals surface area contributed by atoms with Gasteiger partial charge >= 0.3 is 0 Å². The summed E-state index contributed by atoms with van der Waals surface area (Å²) >= 11 is 6.40. The van der Waals surface area contributed by atoms with E-state index < -0.39 is 11.6 Å². The smallest absolute Gasteiger partial charge is 0.254 e. The molecule has 4 aromatic rings. The molecule has 3 N–H and O–H groups in total. The summed E-state index contributed by atoms with van der Waals surface area (Å²) in [4.78, 5) is 24.6. The van der Waals surface area contributed by atoms with Gasteiger partial charge in [0, 0.05) is 45.8 Å². The number of benzene rings is 3. The van der Waals surface area contributed by atoms with Gasteiger partial charge in [0.2, 0.25) is 5.95 Å². The number of hydrogen-bond donors (Lipinski definition) is 3. The predicted molar refractivity (Wildman–Crippen MR) is 165 cm³/mol. The molecule has 3 aromatic carbocycles. The molecular weight excluding hydrogens is 570 g/mol. The van der Waals surface area contributed by atoms with Crippen molar-refractivity contribution in [2.75, 3.05) is 17.7 Å². The number of piperidine rings is 1. The molecule has 0 saturated carbocycles. The van der Waals surface area contributed by atoms with Crippen molar-refractivity contribution in [2.24, 2.45) is 0 Å². The average molecular weight is 599 g/mol. The molecule has 43 heavy (non-hydrogen) atoms. The van der Waals surface area contributed by atoms with Gasteiger partial charge in [-0.1, -0.05) is 17.7 Å². The summed E-state index contributed by atoms with van der Waals surface area (Å²) in [5.74, 6) is -0.915. The van der Waals surface area contributed by atoms with Gasteiger partial charge in [-0.15, -0.1) is 0 Å². The molecular formula is C33H29ClF2N6O. The lowest BCUT2D eigenvalue weighted by Crippen LogP contribution is -2.50. The van der Waals surface area contributed by atoms with Crippen LogP contribution >= 0.6 is 11.6 Å². The fourth-order valence-corrected chi connectivity index (χ4v) is 6.80. The summed E-state index contributed by atoms with van der Waals surface area (Å²) in [6.45, 7) is 0. The zero-order chi connectivity index (χ0) is 29.7. The second kappa shape index (κ2) is 11.1. The molecule has 218 valence electrons. The van der Waals surface area contributed by atoms with Gasteiger partial charge in [-0.2, -0.15) is 0 Å². The van der Waals surface area contributed by atoms with Crippen LogP contribution in [0.25, 0.3) is 23.4 Å². The molecule has 2 saturated heterocycles. The third kappa shape index (κ3) is 5.13. The molecule has 2 bridgehead atoms. The van der Waals surface area contributed by atoms with Crippen LogP contribution < -0.4 is 26.4 Å². The largest absolute Gasteiger partial charge is 0.358 e. The summed E-state index contributed by atoms with van der Waals surface area (Å²) < 4.78 is 29.4. The number of hydrogen-bond acceptors (Lipinski definition) is 6. The number of amides is 1. The SMILES string of the molecule is CNC1CC2CCC(C1)N2C(=O)c1ccc(Nc2ncc3c(n2)C=c2cc(Cl)cc(-c4c(F)cccc4F)c2=CN3)cc1. The van der Waals surface area contributed by atoms with Crippen LogP contribution in [0.1, 0.15) is 41.7 Å². The van der Waals surface area contributed by atoms with Crippen molar-refractivity contribution in [3.05, 3.63) is 99.1 Å². The molecule has 1 amide bonds. The normalized spacial score (nSPS) is 20.2. The number of rotatable bonds is 5. The van der Waals surface area contributed by atoms with Crippen LogP contribution in [0, 0.1) is 11.6 Å². The van der Waals surface area contributed by atoms with E-state index >= 15 is 0 Å². The lowest BCUT2D eigenvalue weighted by Gasteiger charge is -2.39. The fraction of sp³-hybridized carbons (Fsp3) is 0.242. The van der Waals surface area contributed by atoms with Crippen LogP contribution in [0.3, 0.4) is 0 Å². The first-order chi connectivity index (χ1) is 20.9. The molecule has 2 fully saturated rings. The van der Waals surface area contributed by atoms with Gasteiger partial charge in [0.1, 0.15) is 11.6 Å². The number of carbonyl (C=O) groups is 1. The van der Waals surface area contributed by atoms with Crippen molar-refractivity contribution in [3.8, 4) is 11.1 Å². The van der Waals surface area contributed by atoms with Gasteiger partial charge in [0.05, 0.1) is 23.1 Å². The van der Waals surface area contributed by atoms with Gasteiger partial charge in [-0.25, -0.2) is 18.7 Å². The fourth-order valence-electron chi connectivity index (χ4n) is 6.57. The molecule has 0 spiro atoms. The van der Waals surface area contributed by atoms with Crippen LogP contribution in [0.15, 0.2) is 60.8 Å². The number of nitrogens with zero attached hydrogens (tertiary/aromatic N) is 3. The lowest BCUT2D eigenvalue weighted by atomic mass is 9.96. The highest BCUT2D eigenvalue weighted by Gasteiger charge is 2.42. The van der Waals surface area contributed by atoms with E-state index in [1.54, 1.807) is 30.6 Å². The second-order valence-corrected chi connectivity index (χ2v) is 11.7. The van der Waals surface area contributed by atoms with Gasteiger partial charge < -0.3 is 20.9 Å². The zero-order valence-corrected chi connectivity index (χ0v) is 24.1. The number of halogens is 3. The second-order valence-electron chi connectivity index (χ2n) is 11.2. The summed E-state index contributed by atoms with van der Waals surface area (Å²) in [6, 6.07) is 15.5. The van der Waals surface area contributed by atoms with Crippen molar-refractivity contribution in [1.82, 2.24) is 20.2 Å². The van der Waals surface area contributed by atoms with Crippen LogP contribution in [0.4, 0.5) is 26.1 Å². The van der Waals surface area contributed by atoms with E-state index in [0.717, 1.165) is 31.4 Å². The van der Waals surface area contributed by atoms with E-state index in [-0.39, 0.29) is 11.5 Å². The minimum Gasteiger partial charge on any atom is -0.358 e. The molecule has 0 aliphatic carbocycles. The number of carbonyl (C=O) groups excluding carboxylic acids is 1. The summed E-state index contributed by atoms with van der Waals surface area (Å²) in [5.41, 5.74) is 2.77. The maximum absolute atomic E-state index is 14.7. The minimum absolute atomic E-state index is 0.0822. The van der Waals surface area contributed by atoms with Crippen LogP contribution in [-0.2, 0) is 0 Å². The van der Waals surface area contributed by atoms with Crippen molar-refractivity contribution in [3.63, 3.8) is 0 Å². The maximum Gasteiger partial charge on any atom is 0.254 e. The average Bonchev–Trinajstić information content (AvgIpc) is 3.14. The Hall–Kier alpha value is -4.34. The highest BCUT2D eigenvalue weighted by molar-refractivity contribution is 6.30. The van der Waals surface area contributed by atoms with E-state index in [1.165, 1.54) is 18.2 Å². The molecule has 7 nitrogen and oxygen atoms in total. The van der Waals surface area contributed by atoms with E-state index in [9.17, 15) is 13.6 Å². The number of anilines is 3. The highest BCUT2D eigenvalue weighted by Crippen LogP contribution is 2.37. The highest BCUT2D eigenvalue weighted by atomic mass is 35.5.